The summed E-state index contributed by atoms with van der Waals surface area (Å²) in [6, 6.07) is 8.51. The molecule has 0 amide bonds. The van der Waals surface area contributed by atoms with Crippen molar-refractivity contribution in [2.45, 2.75) is 13.1 Å². The molecule has 1 aromatic heterocycles. The Bertz CT molecular complexity index is 558. The van der Waals surface area contributed by atoms with Crippen molar-refractivity contribution in [1.82, 2.24) is 4.90 Å². The summed E-state index contributed by atoms with van der Waals surface area (Å²) in [5.74, 6) is -0.354. The maximum atomic E-state index is 13.3. The van der Waals surface area contributed by atoms with Crippen molar-refractivity contribution in [3.63, 3.8) is 0 Å². The molecule has 1 aromatic carbocycles. The van der Waals surface area contributed by atoms with Gasteiger partial charge >= 0.3 is 0 Å². The summed E-state index contributed by atoms with van der Waals surface area (Å²) in [5, 5.41) is 12.9. The molecule has 0 aliphatic heterocycles. The molecular weight excluding hydrogens is 247 g/mol. The molecule has 0 bridgehead atoms. The van der Waals surface area contributed by atoms with Gasteiger partial charge in [-0.05, 0) is 53.2 Å². The Morgan fingerprint density at radius 3 is 2.72 bits per heavy atom. The van der Waals surface area contributed by atoms with Gasteiger partial charge in [-0.1, -0.05) is 0 Å². The van der Waals surface area contributed by atoms with Crippen molar-refractivity contribution in [2.24, 2.45) is 0 Å². The second kappa shape index (κ2) is 5.76. The lowest BCUT2D eigenvalue weighted by Gasteiger charge is -2.16. The van der Waals surface area contributed by atoms with E-state index in [2.05, 4.69) is 16.3 Å². The van der Waals surface area contributed by atoms with E-state index >= 15 is 0 Å². The number of nitriles is 1. The zero-order chi connectivity index (χ0) is 13.0. The molecule has 18 heavy (non-hydrogen) atoms. The van der Waals surface area contributed by atoms with E-state index in [1.807, 2.05) is 18.5 Å². The molecule has 2 aromatic rings. The molecule has 2 nitrogen and oxygen atoms in total. The van der Waals surface area contributed by atoms with E-state index in [-0.39, 0.29) is 5.82 Å². The first-order valence-corrected chi connectivity index (χ1v) is 6.51. The second-order valence-electron chi connectivity index (χ2n) is 4.26. The highest BCUT2D eigenvalue weighted by Crippen LogP contribution is 2.13. The summed E-state index contributed by atoms with van der Waals surface area (Å²) >= 11 is 1.67. The van der Waals surface area contributed by atoms with Gasteiger partial charge in [-0.3, -0.25) is 4.90 Å². The van der Waals surface area contributed by atoms with Crippen molar-refractivity contribution in [1.29, 1.82) is 5.26 Å². The molecule has 0 radical (unpaired) electrons. The fraction of sp³-hybridized carbons (Fsp3) is 0.214. The first-order chi connectivity index (χ1) is 8.67. The Balaban J connectivity index is 2.05. The number of benzene rings is 1. The molecule has 0 fully saturated rings. The molecular formula is C14H13FN2S. The first kappa shape index (κ1) is 12.7. The fourth-order valence-electron chi connectivity index (χ4n) is 1.87. The van der Waals surface area contributed by atoms with Gasteiger partial charge in [0.2, 0.25) is 0 Å². The normalized spacial score (nSPS) is 10.6. The summed E-state index contributed by atoms with van der Waals surface area (Å²) < 4.78 is 13.3. The predicted octanol–water partition coefficient (Wildman–Crippen LogP) is 3.39. The lowest BCUT2D eigenvalue weighted by molar-refractivity contribution is 0.319. The van der Waals surface area contributed by atoms with Crippen LogP contribution in [-0.4, -0.2) is 11.9 Å². The molecule has 1 heterocycles. The van der Waals surface area contributed by atoms with Gasteiger partial charge in [-0.2, -0.15) is 16.6 Å². The van der Waals surface area contributed by atoms with Crippen LogP contribution in [0.1, 0.15) is 16.7 Å². The summed E-state index contributed by atoms with van der Waals surface area (Å²) in [6.45, 7) is 1.45. The summed E-state index contributed by atoms with van der Waals surface area (Å²) in [6.07, 6.45) is 0. The minimum Gasteiger partial charge on any atom is -0.298 e. The average Bonchev–Trinajstić information content (AvgIpc) is 2.80. The van der Waals surface area contributed by atoms with Gasteiger partial charge in [0.1, 0.15) is 5.82 Å². The van der Waals surface area contributed by atoms with Crippen LogP contribution in [0.3, 0.4) is 0 Å². The van der Waals surface area contributed by atoms with Gasteiger partial charge in [0.15, 0.2) is 0 Å². The third-order valence-corrected chi connectivity index (χ3v) is 3.30. The van der Waals surface area contributed by atoms with Crippen molar-refractivity contribution < 1.29 is 4.39 Å². The van der Waals surface area contributed by atoms with Crippen molar-refractivity contribution in [2.75, 3.05) is 7.05 Å². The minimum atomic E-state index is -0.354. The highest BCUT2D eigenvalue weighted by Gasteiger charge is 2.05. The van der Waals surface area contributed by atoms with E-state index < -0.39 is 0 Å². The average molecular weight is 260 g/mol. The second-order valence-corrected chi connectivity index (χ2v) is 5.04. The number of halogens is 1. The van der Waals surface area contributed by atoms with Crippen LogP contribution in [0, 0.1) is 17.1 Å². The van der Waals surface area contributed by atoms with Crippen LogP contribution in [-0.2, 0) is 13.1 Å². The molecule has 0 N–H and O–H groups in total. The van der Waals surface area contributed by atoms with E-state index in [1.165, 1.54) is 17.7 Å². The van der Waals surface area contributed by atoms with Gasteiger partial charge < -0.3 is 0 Å². The highest BCUT2D eigenvalue weighted by atomic mass is 32.1. The van der Waals surface area contributed by atoms with Gasteiger partial charge in [0.05, 0.1) is 11.6 Å². The first-order valence-electron chi connectivity index (χ1n) is 5.56. The van der Waals surface area contributed by atoms with Crippen LogP contribution < -0.4 is 0 Å². The lowest BCUT2D eigenvalue weighted by Crippen LogP contribution is -2.17. The Labute approximate surface area is 110 Å². The molecule has 0 atom stereocenters. The standard InChI is InChI=1S/C14H13FN2S/c1-17(8-11-2-3-18-10-11)9-13-4-12(7-16)5-14(15)6-13/h2-6,10H,8-9H2,1H3. The van der Waals surface area contributed by atoms with E-state index in [9.17, 15) is 4.39 Å². The minimum absolute atomic E-state index is 0.354. The van der Waals surface area contributed by atoms with E-state index in [4.69, 9.17) is 5.26 Å². The quantitative estimate of drug-likeness (QED) is 0.842. The van der Waals surface area contributed by atoms with Crippen molar-refractivity contribution in [3.05, 3.63) is 57.5 Å². The maximum Gasteiger partial charge on any atom is 0.124 e. The summed E-state index contributed by atoms with van der Waals surface area (Å²) in [5.41, 5.74) is 2.44. The molecule has 92 valence electrons. The smallest absolute Gasteiger partial charge is 0.124 e. The fourth-order valence-corrected chi connectivity index (χ4v) is 2.53. The Kier molecular flexibility index (Phi) is 4.08. The number of rotatable bonds is 4. The molecule has 2 rings (SSSR count). The van der Waals surface area contributed by atoms with E-state index in [0.717, 1.165) is 12.1 Å². The zero-order valence-corrected chi connectivity index (χ0v) is 10.9. The summed E-state index contributed by atoms with van der Waals surface area (Å²) in [4.78, 5) is 2.10. The maximum absolute atomic E-state index is 13.3. The van der Waals surface area contributed by atoms with Crippen LogP contribution >= 0.6 is 11.3 Å². The van der Waals surface area contributed by atoms with Gasteiger partial charge in [-0.15, -0.1) is 0 Å². The van der Waals surface area contributed by atoms with Gasteiger partial charge in [0.25, 0.3) is 0 Å². The van der Waals surface area contributed by atoms with Crippen LogP contribution in [0.25, 0.3) is 0 Å². The topological polar surface area (TPSA) is 27.0 Å². The highest BCUT2D eigenvalue weighted by molar-refractivity contribution is 7.07. The number of nitrogens with zero attached hydrogens (tertiary/aromatic N) is 2. The van der Waals surface area contributed by atoms with Gasteiger partial charge in [-0.25, -0.2) is 4.39 Å². The van der Waals surface area contributed by atoms with E-state index in [1.54, 1.807) is 17.4 Å². The Morgan fingerprint density at radius 2 is 2.06 bits per heavy atom. The molecule has 0 aliphatic carbocycles. The number of hydrogen-bond donors (Lipinski definition) is 0. The third kappa shape index (κ3) is 3.39. The van der Waals surface area contributed by atoms with Crippen LogP contribution in [0.5, 0.6) is 0 Å². The molecule has 4 heteroatoms. The monoisotopic (exact) mass is 260 g/mol. The van der Waals surface area contributed by atoms with Crippen molar-refractivity contribution in [3.8, 4) is 6.07 Å². The summed E-state index contributed by atoms with van der Waals surface area (Å²) in [7, 11) is 1.98. The SMILES string of the molecule is CN(Cc1ccsc1)Cc1cc(F)cc(C#N)c1. The third-order valence-electron chi connectivity index (χ3n) is 2.57. The molecule has 0 spiro atoms. The predicted molar refractivity (Wildman–Crippen MR) is 70.6 cm³/mol. The molecule has 0 saturated heterocycles. The molecule has 0 aliphatic rings. The van der Waals surface area contributed by atoms with Crippen LogP contribution in [0.15, 0.2) is 35.0 Å². The number of thiophene rings is 1. The Morgan fingerprint density at radius 1 is 1.28 bits per heavy atom. The Hall–Kier alpha value is -1.70. The van der Waals surface area contributed by atoms with Crippen LogP contribution in [0.2, 0.25) is 0 Å². The van der Waals surface area contributed by atoms with E-state index in [0.29, 0.717) is 12.1 Å². The van der Waals surface area contributed by atoms with Gasteiger partial charge in [0, 0.05) is 13.1 Å². The van der Waals surface area contributed by atoms with Crippen molar-refractivity contribution >= 4 is 11.3 Å². The zero-order valence-electron chi connectivity index (χ0n) is 10.1. The van der Waals surface area contributed by atoms with Crippen LogP contribution in [0.4, 0.5) is 4.39 Å². The molecule has 0 unspecified atom stereocenters. The molecule has 0 saturated carbocycles. The lowest BCUT2D eigenvalue weighted by atomic mass is 10.1. The largest absolute Gasteiger partial charge is 0.298 e. The number of hydrogen-bond acceptors (Lipinski definition) is 3.